The number of hydrogen-bond donors (Lipinski definition) is 1. The van der Waals surface area contributed by atoms with Gasteiger partial charge in [0.1, 0.15) is 0 Å². The Hall–Kier alpha value is -3.06. The van der Waals surface area contributed by atoms with Gasteiger partial charge in [-0.3, -0.25) is 9.78 Å². The quantitative estimate of drug-likeness (QED) is 0.682. The molecule has 2 heterocycles. The second kappa shape index (κ2) is 8.31. The van der Waals surface area contributed by atoms with Crippen molar-refractivity contribution < 1.29 is 9.90 Å². The summed E-state index contributed by atoms with van der Waals surface area (Å²) in [7, 11) is 0. The molecule has 0 unspecified atom stereocenters. The van der Waals surface area contributed by atoms with Gasteiger partial charge in [0.25, 0.3) is 5.91 Å². The standard InChI is InChI=1S/C21H25N5O2/c1-4-25(14-11-17-10-9-16(15-22-17)21(2,3)28)20(27)18-7-5-6-8-19(18)26-23-12-13-24-26/h5-10,12-13,15,28H,4,11,14H2,1-3H3. The topological polar surface area (TPSA) is 84.1 Å². The Morgan fingerprint density at radius 3 is 2.46 bits per heavy atom. The van der Waals surface area contributed by atoms with Crippen LogP contribution in [-0.2, 0) is 12.0 Å². The smallest absolute Gasteiger partial charge is 0.256 e. The largest absolute Gasteiger partial charge is 0.386 e. The van der Waals surface area contributed by atoms with E-state index in [0.29, 0.717) is 30.8 Å². The summed E-state index contributed by atoms with van der Waals surface area (Å²) in [6, 6.07) is 11.1. The van der Waals surface area contributed by atoms with Gasteiger partial charge in [-0.15, -0.1) is 0 Å². The summed E-state index contributed by atoms with van der Waals surface area (Å²) in [5.41, 5.74) is 1.94. The van der Waals surface area contributed by atoms with Gasteiger partial charge in [-0.1, -0.05) is 18.2 Å². The van der Waals surface area contributed by atoms with E-state index in [1.54, 1.807) is 43.4 Å². The number of aliphatic hydroxyl groups is 1. The number of hydrogen-bond acceptors (Lipinski definition) is 5. The molecule has 0 aliphatic heterocycles. The van der Waals surface area contributed by atoms with Crippen molar-refractivity contribution in [3.63, 3.8) is 0 Å². The highest BCUT2D eigenvalue weighted by atomic mass is 16.3. The number of benzene rings is 1. The summed E-state index contributed by atoms with van der Waals surface area (Å²) in [4.78, 5) is 20.8. The summed E-state index contributed by atoms with van der Waals surface area (Å²) >= 11 is 0. The minimum Gasteiger partial charge on any atom is -0.386 e. The molecule has 0 fully saturated rings. The molecule has 7 heteroatoms. The van der Waals surface area contributed by atoms with E-state index in [1.807, 2.05) is 37.3 Å². The third-order valence-corrected chi connectivity index (χ3v) is 4.61. The number of likely N-dealkylation sites (N-methyl/N-ethyl adjacent to an activating group) is 1. The average molecular weight is 379 g/mol. The molecule has 0 spiro atoms. The van der Waals surface area contributed by atoms with Gasteiger partial charge < -0.3 is 10.0 Å². The van der Waals surface area contributed by atoms with Crippen LogP contribution >= 0.6 is 0 Å². The first-order valence-corrected chi connectivity index (χ1v) is 9.33. The van der Waals surface area contributed by atoms with Crippen molar-refractivity contribution in [2.75, 3.05) is 13.1 Å². The zero-order chi connectivity index (χ0) is 20.1. The van der Waals surface area contributed by atoms with Gasteiger partial charge in [-0.25, -0.2) is 0 Å². The molecule has 3 rings (SSSR count). The summed E-state index contributed by atoms with van der Waals surface area (Å²) < 4.78 is 0. The van der Waals surface area contributed by atoms with Crippen LogP contribution in [0.4, 0.5) is 0 Å². The SMILES string of the molecule is CCN(CCc1ccc(C(C)(C)O)cn1)C(=O)c1ccccc1-n1nccn1. The van der Waals surface area contributed by atoms with Crippen molar-refractivity contribution in [1.82, 2.24) is 24.9 Å². The minimum absolute atomic E-state index is 0.0662. The van der Waals surface area contributed by atoms with Crippen LogP contribution < -0.4 is 0 Å². The zero-order valence-electron chi connectivity index (χ0n) is 16.4. The molecule has 0 aliphatic carbocycles. The summed E-state index contributed by atoms with van der Waals surface area (Å²) in [6.45, 7) is 6.55. The molecule has 3 aromatic rings. The van der Waals surface area contributed by atoms with Crippen LogP contribution in [0.2, 0.25) is 0 Å². The Morgan fingerprint density at radius 2 is 1.86 bits per heavy atom. The Labute approximate surface area is 164 Å². The van der Waals surface area contributed by atoms with Gasteiger partial charge in [0.05, 0.1) is 29.2 Å². The van der Waals surface area contributed by atoms with Crippen LogP contribution in [0.1, 0.15) is 42.4 Å². The molecule has 0 bridgehead atoms. The number of nitrogens with zero attached hydrogens (tertiary/aromatic N) is 5. The molecule has 28 heavy (non-hydrogen) atoms. The molecule has 1 aromatic carbocycles. The Kier molecular flexibility index (Phi) is 5.84. The van der Waals surface area contributed by atoms with E-state index >= 15 is 0 Å². The van der Waals surface area contributed by atoms with Crippen LogP contribution in [0.5, 0.6) is 0 Å². The van der Waals surface area contributed by atoms with Crippen molar-refractivity contribution in [3.05, 3.63) is 71.8 Å². The number of para-hydroxylation sites is 1. The summed E-state index contributed by atoms with van der Waals surface area (Å²) in [5, 5.41) is 18.3. The van der Waals surface area contributed by atoms with Gasteiger partial charge in [-0.2, -0.15) is 15.0 Å². The molecule has 0 radical (unpaired) electrons. The van der Waals surface area contributed by atoms with Gasteiger partial charge >= 0.3 is 0 Å². The molecule has 0 aliphatic rings. The highest BCUT2D eigenvalue weighted by molar-refractivity contribution is 5.97. The second-order valence-electron chi connectivity index (χ2n) is 7.07. The maximum absolute atomic E-state index is 13.1. The number of carbonyl (C=O) groups is 1. The predicted octanol–water partition coefficient (Wildman–Crippen LogP) is 2.59. The maximum Gasteiger partial charge on any atom is 0.256 e. The van der Waals surface area contributed by atoms with Crippen molar-refractivity contribution in [2.24, 2.45) is 0 Å². The normalized spacial score (nSPS) is 11.4. The third-order valence-electron chi connectivity index (χ3n) is 4.61. The lowest BCUT2D eigenvalue weighted by atomic mass is 10.0. The fourth-order valence-electron chi connectivity index (χ4n) is 2.93. The van der Waals surface area contributed by atoms with E-state index < -0.39 is 5.60 Å². The monoisotopic (exact) mass is 379 g/mol. The first-order chi connectivity index (χ1) is 13.4. The molecule has 1 amide bonds. The van der Waals surface area contributed by atoms with E-state index in [0.717, 1.165) is 11.3 Å². The van der Waals surface area contributed by atoms with Gasteiger partial charge in [0, 0.05) is 37.0 Å². The van der Waals surface area contributed by atoms with Crippen molar-refractivity contribution in [1.29, 1.82) is 0 Å². The molecule has 1 N–H and O–H groups in total. The van der Waals surface area contributed by atoms with E-state index in [2.05, 4.69) is 15.2 Å². The fraction of sp³-hybridized carbons (Fsp3) is 0.333. The second-order valence-corrected chi connectivity index (χ2v) is 7.07. The van der Waals surface area contributed by atoms with Gasteiger partial charge in [0.2, 0.25) is 0 Å². The maximum atomic E-state index is 13.1. The van der Waals surface area contributed by atoms with Crippen LogP contribution in [0.25, 0.3) is 5.69 Å². The number of carbonyl (C=O) groups excluding carboxylic acids is 1. The van der Waals surface area contributed by atoms with Crippen LogP contribution in [0.3, 0.4) is 0 Å². The fourth-order valence-corrected chi connectivity index (χ4v) is 2.93. The summed E-state index contributed by atoms with van der Waals surface area (Å²) in [5.74, 6) is -0.0662. The predicted molar refractivity (Wildman–Crippen MR) is 106 cm³/mol. The molecule has 0 saturated carbocycles. The Balaban J connectivity index is 1.73. The molecular weight excluding hydrogens is 354 g/mol. The zero-order valence-corrected chi connectivity index (χ0v) is 16.4. The minimum atomic E-state index is -0.915. The average Bonchev–Trinajstić information content (AvgIpc) is 3.22. The molecular formula is C21H25N5O2. The van der Waals surface area contributed by atoms with Gasteiger partial charge in [-0.05, 0) is 39.0 Å². The van der Waals surface area contributed by atoms with Crippen molar-refractivity contribution in [3.8, 4) is 5.69 Å². The summed E-state index contributed by atoms with van der Waals surface area (Å²) in [6.07, 6.45) is 5.49. The first-order valence-electron chi connectivity index (χ1n) is 9.33. The Morgan fingerprint density at radius 1 is 1.14 bits per heavy atom. The first kappa shape index (κ1) is 19.7. The molecule has 0 saturated heterocycles. The Bertz CT molecular complexity index is 915. The van der Waals surface area contributed by atoms with Crippen LogP contribution in [0.15, 0.2) is 55.0 Å². The number of pyridine rings is 1. The number of aromatic nitrogens is 4. The lowest BCUT2D eigenvalue weighted by Gasteiger charge is -2.22. The van der Waals surface area contributed by atoms with E-state index in [9.17, 15) is 9.90 Å². The lowest BCUT2D eigenvalue weighted by Crippen LogP contribution is -2.33. The molecule has 7 nitrogen and oxygen atoms in total. The molecule has 0 atom stereocenters. The van der Waals surface area contributed by atoms with Crippen LogP contribution in [-0.4, -0.2) is 49.0 Å². The number of rotatable bonds is 7. The highest BCUT2D eigenvalue weighted by Gasteiger charge is 2.20. The lowest BCUT2D eigenvalue weighted by molar-refractivity contribution is 0.0765. The molecule has 146 valence electrons. The van der Waals surface area contributed by atoms with Crippen LogP contribution in [0, 0.1) is 0 Å². The molecule has 2 aromatic heterocycles. The van der Waals surface area contributed by atoms with E-state index in [1.165, 1.54) is 4.80 Å². The number of amides is 1. The van der Waals surface area contributed by atoms with E-state index in [-0.39, 0.29) is 5.91 Å². The third kappa shape index (κ3) is 4.43. The van der Waals surface area contributed by atoms with Gasteiger partial charge in [0.15, 0.2) is 0 Å². The van der Waals surface area contributed by atoms with Crippen molar-refractivity contribution in [2.45, 2.75) is 32.8 Å². The van der Waals surface area contributed by atoms with Crippen molar-refractivity contribution >= 4 is 5.91 Å². The highest BCUT2D eigenvalue weighted by Crippen LogP contribution is 2.19. The van der Waals surface area contributed by atoms with E-state index in [4.69, 9.17) is 0 Å².